The number of nitrogens with zero attached hydrogens (tertiary/aromatic N) is 3. The van der Waals surface area contributed by atoms with Crippen LogP contribution in [0.4, 0.5) is 0 Å². The van der Waals surface area contributed by atoms with E-state index in [0.717, 1.165) is 39.3 Å². The van der Waals surface area contributed by atoms with Crippen molar-refractivity contribution in [1.82, 2.24) is 0 Å². The molecule has 1 radical (unpaired) electrons. The van der Waals surface area contributed by atoms with E-state index in [0.29, 0.717) is 0 Å². The summed E-state index contributed by atoms with van der Waals surface area (Å²) in [5, 5.41) is 11.9. The van der Waals surface area contributed by atoms with Crippen molar-refractivity contribution in [2.45, 2.75) is 41.5 Å². The Kier molecular flexibility index (Phi) is 65.3. The van der Waals surface area contributed by atoms with Crippen molar-refractivity contribution in [2.75, 3.05) is 39.3 Å². The summed E-state index contributed by atoms with van der Waals surface area (Å²) in [6.07, 6.45) is 0. The van der Waals surface area contributed by atoms with Gasteiger partial charge in [0.25, 0.3) is 0 Å². The van der Waals surface area contributed by atoms with Crippen LogP contribution < -0.4 is 0 Å². The van der Waals surface area contributed by atoms with Gasteiger partial charge in [-0.3, -0.25) is 0 Å². The molecule has 1 rings (SSSR count). The van der Waals surface area contributed by atoms with Gasteiger partial charge in [-0.2, -0.15) is 57.5 Å². The second kappa shape index (κ2) is 42.8. The zero-order valence-electron chi connectivity index (χ0n) is 16.0. The van der Waals surface area contributed by atoms with E-state index in [2.05, 4.69) is 16.0 Å². The van der Waals surface area contributed by atoms with Crippen molar-refractivity contribution < 1.29 is 21.7 Å². The average Bonchev–Trinajstić information content (AvgIpc) is 3.02. The van der Waals surface area contributed by atoms with Gasteiger partial charge in [-0.05, 0) is 0 Å². The maximum absolute atomic E-state index is 3.97. The zero-order chi connectivity index (χ0) is 15.9. The molecule has 0 aliphatic carbocycles. The first-order valence-corrected chi connectivity index (χ1v) is 7.81. The normalized spacial score (nSPS) is 7.55. The molecular weight excluding hydrogens is 306 g/mol. The van der Waals surface area contributed by atoms with Crippen LogP contribution >= 0.6 is 0 Å². The minimum absolute atomic E-state index is 0. The molecule has 0 aliphatic rings. The van der Waals surface area contributed by atoms with E-state index in [1.165, 1.54) is 0 Å². The van der Waals surface area contributed by atoms with E-state index in [1.807, 2.05) is 71.9 Å². The summed E-state index contributed by atoms with van der Waals surface area (Å²) < 4.78 is 0. The van der Waals surface area contributed by atoms with Crippen LogP contribution in [0.1, 0.15) is 41.5 Å². The Morgan fingerprint density at radius 3 is 0.864 bits per heavy atom. The van der Waals surface area contributed by atoms with Crippen molar-refractivity contribution in [3.63, 3.8) is 0 Å². The molecule has 0 aliphatic heterocycles. The summed E-state index contributed by atoms with van der Waals surface area (Å²) >= 11 is 0. The SMILES string of the molecule is CC[N-]CC.CC[N-]CC.CC[N-]CC.[CH3-].[Ti+3].c1cc[cH-]c1. The summed E-state index contributed by atoms with van der Waals surface area (Å²) in [5.74, 6) is 0. The van der Waals surface area contributed by atoms with E-state index in [-0.39, 0.29) is 29.1 Å². The topological polar surface area (TPSA) is 42.3 Å². The maximum Gasteiger partial charge on any atom is 3.00 e. The van der Waals surface area contributed by atoms with Gasteiger partial charge in [-0.15, -0.1) is 0 Å². The fourth-order valence-corrected chi connectivity index (χ4v) is 0.992. The first kappa shape index (κ1) is 33.5. The van der Waals surface area contributed by atoms with Crippen molar-refractivity contribution in [2.24, 2.45) is 0 Å². The molecule has 0 aromatic heterocycles. The molecular formula is C18H38N3Ti-2. The van der Waals surface area contributed by atoms with Gasteiger partial charge in [0.05, 0.1) is 0 Å². The molecule has 0 unspecified atom stereocenters. The van der Waals surface area contributed by atoms with Crippen molar-refractivity contribution >= 4 is 0 Å². The third-order valence-corrected chi connectivity index (χ3v) is 1.90. The first-order valence-electron chi connectivity index (χ1n) is 7.81. The fraction of sp³-hybridized carbons (Fsp3) is 0.667. The molecule has 0 bridgehead atoms. The molecule has 1 aromatic rings. The number of hydrogen-bond donors (Lipinski definition) is 0. The Bertz CT molecular complexity index is 155. The number of rotatable bonds is 6. The maximum atomic E-state index is 3.97. The van der Waals surface area contributed by atoms with Crippen LogP contribution in [-0.4, -0.2) is 39.3 Å². The van der Waals surface area contributed by atoms with Crippen LogP contribution in [0.15, 0.2) is 30.3 Å². The molecule has 1 aromatic carbocycles. The van der Waals surface area contributed by atoms with Crippen molar-refractivity contribution in [3.8, 4) is 0 Å². The molecule has 0 N–H and O–H groups in total. The van der Waals surface area contributed by atoms with E-state index < -0.39 is 0 Å². The summed E-state index contributed by atoms with van der Waals surface area (Å²) in [4.78, 5) is 0. The van der Waals surface area contributed by atoms with Crippen LogP contribution in [0.2, 0.25) is 0 Å². The largest absolute Gasteiger partial charge is 3.00 e. The van der Waals surface area contributed by atoms with E-state index in [1.54, 1.807) is 0 Å². The van der Waals surface area contributed by atoms with Gasteiger partial charge in [-0.25, -0.2) is 12.1 Å². The van der Waals surface area contributed by atoms with E-state index >= 15 is 0 Å². The van der Waals surface area contributed by atoms with Gasteiger partial charge in [0.1, 0.15) is 0 Å². The third-order valence-electron chi connectivity index (χ3n) is 1.90. The molecule has 0 saturated heterocycles. The van der Waals surface area contributed by atoms with Crippen LogP contribution in [0, 0.1) is 7.43 Å². The molecule has 3 nitrogen and oxygen atoms in total. The Labute approximate surface area is 156 Å². The van der Waals surface area contributed by atoms with Crippen LogP contribution in [0.25, 0.3) is 16.0 Å². The molecule has 4 heteroatoms. The molecule has 0 spiro atoms. The second-order valence-corrected chi connectivity index (χ2v) is 3.53. The molecule has 0 amide bonds. The van der Waals surface area contributed by atoms with Gasteiger partial charge in [0.2, 0.25) is 0 Å². The van der Waals surface area contributed by atoms with Gasteiger partial charge in [0.15, 0.2) is 0 Å². The van der Waals surface area contributed by atoms with Gasteiger partial charge in [-0.1, -0.05) is 41.5 Å². The average molecular weight is 344 g/mol. The third kappa shape index (κ3) is 59.8. The summed E-state index contributed by atoms with van der Waals surface area (Å²) in [6.45, 7) is 18.1. The molecule has 0 saturated carbocycles. The zero-order valence-corrected chi connectivity index (χ0v) is 17.5. The quantitative estimate of drug-likeness (QED) is 0.445. The van der Waals surface area contributed by atoms with Gasteiger partial charge >= 0.3 is 21.7 Å². The Hall–Kier alpha value is -0.0557. The summed E-state index contributed by atoms with van der Waals surface area (Å²) in [5.41, 5.74) is 0. The molecule has 22 heavy (non-hydrogen) atoms. The minimum atomic E-state index is 0. The Morgan fingerprint density at radius 1 is 0.591 bits per heavy atom. The molecule has 0 fully saturated rings. The fourth-order valence-electron chi connectivity index (χ4n) is 0.992. The predicted octanol–water partition coefficient (Wildman–Crippen LogP) is 6.05. The monoisotopic (exact) mass is 344 g/mol. The number of hydrogen-bond acceptors (Lipinski definition) is 0. The molecule has 0 atom stereocenters. The van der Waals surface area contributed by atoms with E-state index in [9.17, 15) is 0 Å². The summed E-state index contributed by atoms with van der Waals surface area (Å²) in [7, 11) is 0. The second-order valence-electron chi connectivity index (χ2n) is 3.53. The summed E-state index contributed by atoms with van der Waals surface area (Å²) in [6, 6.07) is 10.0. The molecule has 0 heterocycles. The molecule has 131 valence electrons. The minimum Gasteiger partial charge on any atom is -0.663 e. The van der Waals surface area contributed by atoms with Gasteiger partial charge < -0.3 is 23.4 Å². The predicted molar refractivity (Wildman–Crippen MR) is 102 cm³/mol. The van der Waals surface area contributed by atoms with Crippen LogP contribution in [-0.2, 0) is 21.7 Å². The Morgan fingerprint density at radius 2 is 0.818 bits per heavy atom. The van der Waals surface area contributed by atoms with Gasteiger partial charge in [0, 0.05) is 0 Å². The van der Waals surface area contributed by atoms with Crippen LogP contribution in [0.3, 0.4) is 0 Å². The standard InChI is InChI=1S/C5H5.3C4H10N.CH3.Ti/c1-2-4-5-3-1;3*1-3-5-4-2;;/h1-5H;3*3-4H2,1-2H3;1H3;/q5*-1;+3. The Balaban J connectivity index is -0.0000000567. The van der Waals surface area contributed by atoms with E-state index in [4.69, 9.17) is 0 Å². The van der Waals surface area contributed by atoms with Crippen molar-refractivity contribution in [1.29, 1.82) is 0 Å². The first-order chi connectivity index (χ1) is 9.74. The van der Waals surface area contributed by atoms with Crippen molar-refractivity contribution in [3.05, 3.63) is 53.7 Å². The van der Waals surface area contributed by atoms with Crippen LogP contribution in [0.5, 0.6) is 0 Å². The smallest absolute Gasteiger partial charge is 0.663 e.